The van der Waals surface area contributed by atoms with Gasteiger partial charge in [0, 0.05) is 10.6 Å². The van der Waals surface area contributed by atoms with E-state index in [-0.39, 0.29) is 5.54 Å². The lowest BCUT2D eigenvalue weighted by molar-refractivity contribution is 0.328. The summed E-state index contributed by atoms with van der Waals surface area (Å²) in [5, 5.41) is 8.20. The minimum atomic E-state index is -0.231. The summed E-state index contributed by atoms with van der Waals surface area (Å²) in [6.45, 7) is 4.70. The number of hydrogen-bond donors (Lipinski definition) is 1. The molecule has 0 aliphatic rings. The van der Waals surface area contributed by atoms with Gasteiger partial charge in [0.1, 0.15) is 0 Å². The van der Waals surface area contributed by atoms with Crippen molar-refractivity contribution in [3.63, 3.8) is 0 Å². The molecule has 1 N–H and O–H groups in total. The highest BCUT2D eigenvalue weighted by molar-refractivity contribution is 9.11. The summed E-state index contributed by atoms with van der Waals surface area (Å²) >= 11 is 11.0. The number of hydrogen-bond acceptors (Lipinski definition) is 5. The van der Waals surface area contributed by atoms with Crippen LogP contribution in [0.1, 0.15) is 25.3 Å². The first-order valence-corrected chi connectivity index (χ1v) is 9.02. The Kier molecular flexibility index (Phi) is 4.87. The summed E-state index contributed by atoms with van der Waals surface area (Å²) in [5.74, 6) is 1.17. The van der Waals surface area contributed by atoms with E-state index in [1.54, 1.807) is 11.3 Å². The molecular weight excluding hydrogens is 398 g/mol. The monoisotopic (exact) mass is 411 g/mol. The van der Waals surface area contributed by atoms with Crippen molar-refractivity contribution in [2.45, 2.75) is 25.9 Å². The first-order valence-electron chi connectivity index (χ1n) is 7.03. The molecular formula is C16H15BrClN3OS. The second-order valence-electron chi connectivity index (χ2n) is 5.60. The van der Waals surface area contributed by atoms with E-state index in [9.17, 15) is 0 Å². The third-order valence-electron chi connectivity index (χ3n) is 3.51. The van der Waals surface area contributed by atoms with Gasteiger partial charge in [-0.2, -0.15) is 4.98 Å². The molecule has 0 bridgehead atoms. The summed E-state index contributed by atoms with van der Waals surface area (Å²) in [7, 11) is 0. The summed E-state index contributed by atoms with van der Waals surface area (Å²) in [4.78, 5) is 5.41. The standard InChI is InChI=1S/C16H15BrClN3OS/c1-16(2,10-3-5-11(18)6-4-10)19-9-14-20-15(21-22-14)12-7-8-13(17)23-12/h3-8,19H,9H2,1-2H3. The Labute approximate surface area is 152 Å². The van der Waals surface area contributed by atoms with Crippen molar-refractivity contribution >= 4 is 38.9 Å². The fraction of sp³-hybridized carbons (Fsp3) is 0.250. The maximum absolute atomic E-state index is 5.94. The Balaban J connectivity index is 1.68. The van der Waals surface area contributed by atoms with Crippen LogP contribution in [0.3, 0.4) is 0 Å². The van der Waals surface area contributed by atoms with Crippen LogP contribution in [-0.2, 0) is 12.1 Å². The van der Waals surface area contributed by atoms with E-state index in [2.05, 4.69) is 45.2 Å². The van der Waals surface area contributed by atoms with Gasteiger partial charge in [0.2, 0.25) is 11.7 Å². The summed E-state index contributed by atoms with van der Waals surface area (Å²) in [6.07, 6.45) is 0. The largest absolute Gasteiger partial charge is 0.338 e. The zero-order chi connectivity index (χ0) is 16.4. The van der Waals surface area contributed by atoms with Crippen molar-refractivity contribution in [3.05, 3.63) is 56.7 Å². The van der Waals surface area contributed by atoms with Gasteiger partial charge in [0.15, 0.2) is 0 Å². The van der Waals surface area contributed by atoms with Gasteiger partial charge in [-0.15, -0.1) is 11.3 Å². The zero-order valence-electron chi connectivity index (χ0n) is 12.6. The lowest BCUT2D eigenvalue weighted by Crippen LogP contribution is -2.36. The van der Waals surface area contributed by atoms with E-state index in [0.29, 0.717) is 18.3 Å². The van der Waals surface area contributed by atoms with Crippen LogP contribution in [0.15, 0.2) is 44.7 Å². The van der Waals surface area contributed by atoms with Crippen molar-refractivity contribution in [1.82, 2.24) is 15.5 Å². The normalized spacial score (nSPS) is 11.8. The predicted octanol–water partition coefficient (Wildman–Crippen LogP) is 5.24. The molecule has 0 unspecified atom stereocenters. The Bertz CT molecular complexity index is 798. The van der Waals surface area contributed by atoms with E-state index in [0.717, 1.165) is 19.2 Å². The fourth-order valence-corrected chi connectivity index (χ4v) is 3.56. The second kappa shape index (κ2) is 6.73. The van der Waals surface area contributed by atoms with E-state index >= 15 is 0 Å². The van der Waals surface area contributed by atoms with Crippen LogP contribution in [0.5, 0.6) is 0 Å². The third-order valence-corrected chi connectivity index (χ3v) is 5.38. The lowest BCUT2D eigenvalue weighted by Gasteiger charge is -2.26. The maximum atomic E-state index is 5.94. The molecule has 7 heteroatoms. The van der Waals surface area contributed by atoms with Gasteiger partial charge < -0.3 is 4.52 Å². The number of thiophene rings is 1. The van der Waals surface area contributed by atoms with Gasteiger partial charge in [-0.1, -0.05) is 28.9 Å². The van der Waals surface area contributed by atoms with Gasteiger partial charge >= 0.3 is 0 Å². The Hall–Kier alpha value is -1.21. The predicted molar refractivity (Wildman–Crippen MR) is 96.6 cm³/mol. The van der Waals surface area contributed by atoms with Crippen LogP contribution in [0.25, 0.3) is 10.7 Å². The first kappa shape index (κ1) is 16.6. The molecule has 120 valence electrons. The van der Waals surface area contributed by atoms with Gasteiger partial charge in [-0.25, -0.2) is 0 Å². The number of benzene rings is 1. The molecule has 23 heavy (non-hydrogen) atoms. The average Bonchev–Trinajstić information content (AvgIpc) is 3.14. The topological polar surface area (TPSA) is 51.0 Å². The highest BCUT2D eigenvalue weighted by Gasteiger charge is 2.21. The molecule has 1 aromatic carbocycles. The van der Waals surface area contributed by atoms with Crippen LogP contribution in [0.4, 0.5) is 0 Å². The van der Waals surface area contributed by atoms with Crippen LogP contribution in [0, 0.1) is 0 Å². The van der Waals surface area contributed by atoms with Gasteiger partial charge in [-0.05, 0) is 59.6 Å². The maximum Gasteiger partial charge on any atom is 0.240 e. The SMILES string of the molecule is CC(C)(NCc1nc(-c2ccc(Br)s2)no1)c1ccc(Cl)cc1. The number of rotatable bonds is 5. The van der Waals surface area contributed by atoms with Crippen LogP contribution < -0.4 is 5.32 Å². The minimum Gasteiger partial charge on any atom is -0.338 e. The average molecular weight is 413 g/mol. The fourth-order valence-electron chi connectivity index (χ4n) is 2.13. The molecule has 0 spiro atoms. The van der Waals surface area contributed by atoms with E-state index < -0.39 is 0 Å². The van der Waals surface area contributed by atoms with E-state index in [4.69, 9.17) is 16.1 Å². The summed E-state index contributed by atoms with van der Waals surface area (Å²) in [5.41, 5.74) is 0.911. The quantitative estimate of drug-likeness (QED) is 0.622. The van der Waals surface area contributed by atoms with E-state index in [1.165, 1.54) is 0 Å². The number of nitrogens with zero attached hydrogens (tertiary/aromatic N) is 2. The molecule has 3 rings (SSSR count). The smallest absolute Gasteiger partial charge is 0.240 e. The van der Waals surface area contributed by atoms with Crippen LogP contribution >= 0.6 is 38.9 Å². The molecule has 0 saturated carbocycles. The molecule has 0 amide bonds. The molecule has 4 nitrogen and oxygen atoms in total. The third kappa shape index (κ3) is 4.01. The van der Waals surface area contributed by atoms with Gasteiger partial charge in [0.25, 0.3) is 0 Å². The molecule has 0 fully saturated rings. The first-order chi connectivity index (χ1) is 10.9. The van der Waals surface area contributed by atoms with E-state index in [1.807, 2.05) is 36.4 Å². The number of aromatic nitrogens is 2. The van der Waals surface area contributed by atoms with Crippen molar-refractivity contribution in [2.75, 3.05) is 0 Å². The van der Waals surface area contributed by atoms with Crippen LogP contribution in [-0.4, -0.2) is 10.1 Å². The number of nitrogens with one attached hydrogen (secondary N) is 1. The Morgan fingerprint density at radius 1 is 1.22 bits per heavy atom. The second-order valence-corrected chi connectivity index (χ2v) is 8.50. The Morgan fingerprint density at radius 3 is 2.61 bits per heavy atom. The van der Waals surface area contributed by atoms with Gasteiger partial charge in [-0.3, -0.25) is 5.32 Å². The Morgan fingerprint density at radius 2 is 1.96 bits per heavy atom. The molecule has 0 atom stereocenters. The minimum absolute atomic E-state index is 0.231. The zero-order valence-corrected chi connectivity index (χ0v) is 15.8. The van der Waals surface area contributed by atoms with Gasteiger partial charge in [0.05, 0.1) is 15.2 Å². The van der Waals surface area contributed by atoms with Crippen LogP contribution in [0.2, 0.25) is 5.02 Å². The molecule has 0 saturated heterocycles. The summed E-state index contributed by atoms with van der Waals surface area (Å²) < 4.78 is 6.37. The van der Waals surface area contributed by atoms with Crippen molar-refractivity contribution in [3.8, 4) is 10.7 Å². The molecule has 2 aromatic heterocycles. The van der Waals surface area contributed by atoms with Crippen molar-refractivity contribution < 1.29 is 4.52 Å². The number of halogens is 2. The van der Waals surface area contributed by atoms with Crippen molar-refractivity contribution in [1.29, 1.82) is 0 Å². The molecule has 0 aliphatic heterocycles. The lowest BCUT2D eigenvalue weighted by atomic mass is 9.94. The summed E-state index contributed by atoms with van der Waals surface area (Å²) in [6, 6.07) is 11.7. The molecule has 3 aromatic rings. The highest BCUT2D eigenvalue weighted by atomic mass is 79.9. The molecule has 2 heterocycles. The van der Waals surface area contributed by atoms with Crippen molar-refractivity contribution in [2.24, 2.45) is 0 Å². The molecule has 0 radical (unpaired) electrons. The highest BCUT2D eigenvalue weighted by Crippen LogP contribution is 2.29. The molecule has 0 aliphatic carbocycles.